The van der Waals surface area contributed by atoms with E-state index in [1.807, 2.05) is 38.1 Å². The number of aromatic nitrogens is 2. The number of hydrogen-bond donors (Lipinski definition) is 1. The molecule has 17 heavy (non-hydrogen) atoms. The first kappa shape index (κ1) is 13.7. The Bertz CT molecular complexity index is 515. The maximum absolute atomic E-state index is 6.04. The monoisotopic (exact) mass is 269 g/mol. The SMILES string of the molecule is Cc1cc(Nc2ccc(C)c(Cl)c2)ncn1.Cl. The Morgan fingerprint density at radius 1 is 1.12 bits per heavy atom. The first-order valence-electron chi connectivity index (χ1n) is 4.97. The minimum Gasteiger partial charge on any atom is -0.340 e. The number of nitrogens with zero attached hydrogens (tertiary/aromatic N) is 2. The largest absolute Gasteiger partial charge is 0.340 e. The average Bonchev–Trinajstić information content (AvgIpc) is 2.24. The van der Waals surface area contributed by atoms with Crippen LogP contribution in [0.15, 0.2) is 30.6 Å². The van der Waals surface area contributed by atoms with Gasteiger partial charge in [-0.15, -0.1) is 12.4 Å². The molecule has 90 valence electrons. The van der Waals surface area contributed by atoms with E-state index in [1.54, 1.807) is 0 Å². The number of aryl methyl sites for hydroxylation is 2. The molecule has 0 radical (unpaired) electrons. The Labute approximate surface area is 112 Å². The Morgan fingerprint density at radius 2 is 1.88 bits per heavy atom. The standard InChI is InChI=1S/C12H12ClN3.ClH/c1-8-3-4-10(6-11(8)13)16-12-5-9(2)14-7-15-12;/h3-7H,1-2H3,(H,14,15,16);1H. The first-order valence-corrected chi connectivity index (χ1v) is 5.35. The molecular weight excluding hydrogens is 257 g/mol. The van der Waals surface area contributed by atoms with Crippen LogP contribution in [0.3, 0.4) is 0 Å². The third kappa shape index (κ3) is 3.58. The summed E-state index contributed by atoms with van der Waals surface area (Å²) in [5, 5.41) is 3.92. The number of anilines is 2. The van der Waals surface area contributed by atoms with Gasteiger partial charge in [-0.25, -0.2) is 9.97 Å². The highest BCUT2D eigenvalue weighted by Gasteiger charge is 1.99. The smallest absolute Gasteiger partial charge is 0.133 e. The average molecular weight is 270 g/mol. The second-order valence-electron chi connectivity index (χ2n) is 3.63. The molecule has 0 aliphatic heterocycles. The maximum Gasteiger partial charge on any atom is 0.133 e. The Morgan fingerprint density at radius 3 is 2.53 bits per heavy atom. The second kappa shape index (κ2) is 5.84. The van der Waals surface area contributed by atoms with E-state index in [1.165, 1.54) is 6.33 Å². The van der Waals surface area contributed by atoms with E-state index in [0.29, 0.717) is 0 Å². The van der Waals surface area contributed by atoms with Crippen LogP contribution in [0.25, 0.3) is 0 Å². The summed E-state index contributed by atoms with van der Waals surface area (Å²) in [6.45, 7) is 3.90. The molecule has 0 saturated carbocycles. The molecule has 0 spiro atoms. The van der Waals surface area contributed by atoms with Crippen LogP contribution in [0.5, 0.6) is 0 Å². The molecule has 0 amide bonds. The lowest BCUT2D eigenvalue weighted by molar-refractivity contribution is 1.10. The summed E-state index contributed by atoms with van der Waals surface area (Å²) in [5.41, 5.74) is 2.91. The van der Waals surface area contributed by atoms with E-state index in [4.69, 9.17) is 11.6 Å². The van der Waals surface area contributed by atoms with Crippen molar-refractivity contribution in [3.63, 3.8) is 0 Å². The summed E-state index contributed by atoms with van der Waals surface area (Å²) in [6.07, 6.45) is 1.54. The van der Waals surface area contributed by atoms with E-state index in [0.717, 1.165) is 27.8 Å². The normalized spacial score (nSPS) is 9.59. The van der Waals surface area contributed by atoms with Crippen LogP contribution < -0.4 is 5.32 Å². The van der Waals surface area contributed by atoms with E-state index in [-0.39, 0.29) is 12.4 Å². The van der Waals surface area contributed by atoms with Gasteiger partial charge in [-0.05, 0) is 31.5 Å². The van der Waals surface area contributed by atoms with Crippen molar-refractivity contribution in [2.45, 2.75) is 13.8 Å². The summed E-state index contributed by atoms with van der Waals surface area (Å²) < 4.78 is 0. The molecule has 0 saturated heterocycles. The Balaban J connectivity index is 0.00000144. The molecule has 1 aromatic heterocycles. The van der Waals surface area contributed by atoms with E-state index >= 15 is 0 Å². The van der Waals surface area contributed by atoms with Crippen molar-refractivity contribution in [2.24, 2.45) is 0 Å². The fourth-order valence-corrected chi connectivity index (χ4v) is 1.52. The first-order chi connectivity index (χ1) is 7.65. The predicted octanol–water partition coefficient (Wildman–Crippen LogP) is 3.91. The summed E-state index contributed by atoms with van der Waals surface area (Å²) in [6, 6.07) is 7.71. The van der Waals surface area contributed by atoms with E-state index in [2.05, 4.69) is 15.3 Å². The van der Waals surface area contributed by atoms with Gasteiger partial charge in [0.15, 0.2) is 0 Å². The number of rotatable bonds is 2. The molecule has 2 aromatic rings. The van der Waals surface area contributed by atoms with Crippen LogP contribution in [0, 0.1) is 13.8 Å². The van der Waals surface area contributed by atoms with Gasteiger partial charge in [0.25, 0.3) is 0 Å². The molecule has 1 heterocycles. The summed E-state index contributed by atoms with van der Waals surface area (Å²) >= 11 is 6.04. The molecule has 5 heteroatoms. The van der Waals surface area contributed by atoms with Gasteiger partial charge in [-0.3, -0.25) is 0 Å². The molecule has 0 unspecified atom stereocenters. The molecule has 0 fully saturated rings. The van der Waals surface area contributed by atoms with Crippen LogP contribution in [0.4, 0.5) is 11.5 Å². The van der Waals surface area contributed by atoms with Crippen molar-refractivity contribution >= 4 is 35.5 Å². The van der Waals surface area contributed by atoms with Gasteiger partial charge in [0.05, 0.1) is 0 Å². The Hall–Kier alpha value is -1.32. The van der Waals surface area contributed by atoms with Crippen molar-refractivity contribution in [2.75, 3.05) is 5.32 Å². The van der Waals surface area contributed by atoms with Gasteiger partial charge >= 0.3 is 0 Å². The zero-order valence-corrected chi connectivity index (χ0v) is 11.1. The highest BCUT2D eigenvalue weighted by atomic mass is 35.5. The van der Waals surface area contributed by atoms with Gasteiger partial charge in [-0.2, -0.15) is 0 Å². The lowest BCUT2D eigenvalue weighted by atomic mass is 10.2. The highest BCUT2D eigenvalue weighted by Crippen LogP contribution is 2.22. The number of halogens is 2. The molecule has 2 rings (SSSR count). The molecular formula is C12H13Cl2N3. The molecule has 1 aromatic carbocycles. The van der Waals surface area contributed by atoms with Crippen LogP contribution >= 0.6 is 24.0 Å². The van der Waals surface area contributed by atoms with E-state index < -0.39 is 0 Å². The summed E-state index contributed by atoms with van der Waals surface area (Å²) in [4.78, 5) is 8.16. The van der Waals surface area contributed by atoms with Gasteiger partial charge in [0.1, 0.15) is 12.1 Å². The van der Waals surface area contributed by atoms with Crippen LogP contribution in [0.1, 0.15) is 11.3 Å². The van der Waals surface area contributed by atoms with Gasteiger partial charge in [-0.1, -0.05) is 17.7 Å². The Kier molecular flexibility index (Phi) is 4.73. The molecule has 1 N–H and O–H groups in total. The van der Waals surface area contributed by atoms with Gasteiger partial charge < -0.3 is 5.32 Å². The fraction of sp³-hybridized carbons (Fsp3) is 0.167. The van der Waals surface area contributed by atoms with Crippen molar-refractivity contribution < 1.29 is 0 Å². The number of nitrogens with one attached hydrogen (secondary N) is 1. The lowest BCUT2D eigenvalue weighted by Crippen LogP contribution is -1.95. The van der Waals surface area contributed by atoms with Gasteiger partial charge in [0, 0.05) is 22.5 Å². The summed E-state index contributed by atoms with van der Waals surface area (Å²) in [7, 11) is 0. The van der Waals surface area contributed by atoms with Crippen LogP contribution in [-0.2, 0) is 0 Å². The van der Waals surface area contributed by atoms with Crippen LogP contribution in [0.2, 0.25) is 5.02 Å². The van der Waals surface area contributed by atoms with Gasteiger partial charge in [0.2, 0.25) is 0 Å². The molecule has 0 bridgehead atoms. The van der Waals surface area contributed by atoms with Crippen LogP contribution in [-0.4, -0.2) is 9.97 Å². The second-order valence-corrected chi connectivity index (χ2v) is 4.04. The number of benzene rings is 1. The van der Waals surface area contributed by atoms with Crippen molar-refractivity contribution in [1.82, 2.24) is 9.97 Å². The molecule has 0 aliphatic rings. The zero-order valence-electron chi connectivity index (χ0n) is 9.57. The van der Waals surface area contributed by atoms with Crippen molar-refractivity contribution in [1.29, 1.82) is 0 Å². The van der Waals surface area contributed by atoms with E-state index in [9.17, 15) is 0 Å². The predicted molar refractivity (Wildman–Crippen MR) is 73.5 cm³/mol. The molecule has 0 atom stereocenters. The third-order valence-electron chi connectivity index (χ3n) is 2.25. The topological polar surface area (TPSA) is 37.8 Å². The fourth-order valence-electron chi connectivity index (χ4n) is 1.34. The minimum absolute atomic E-state index is 0. The molecule has 0 aliphatic carbocycles. The van der Waals surface area contributed by atoms with Crippen molar-refractivity contribution in [3.8, 4) is 0 Å². The summed E-state index contributed by atoms with van der Waals surface area (Å²) in [5.74, 6) is 0.771. The highest BCUT2D eigenvalue weighted by molar-refractivity contribution is 6.31. The third-order valence-corrected chi connectivity index (χ3v) is 2.66. The number of hydrogen-bond acceptors (Lipinski definition) is 3. The zero-order chi connectivity index (χ0) is 11.5. The minimum atomic E-state index is 0. The maximum atomic E-state index is 6.04. The lowest BCUT2D eigenvalue weighted by Gasteiger charge is -2.07. The molecule has 3 nitrogen and oxygen atoms in total. The quantitative estimate of drug-likeness (QED) is 0.898. The van der Waals surface area contributed by atoms with Crippen molar-refractivity contribution in [3.05, 3.63) is 46.9 Å².